The maximum absolute atomic E-state index is 11.9. The first-order valence-corrected chi connectivity index (χ1v) is 7.22. The standard InChI is InChI=1S/C14H24N2O4/c1-13(2,3)20-12(19)15-10(11(17)18)14-6-4-8-16(14)9-5-7-14/h10H,4-9H2,1-3H3,(H,15,19)(H,17,18)/t10-/m0/s1. The monoisotopic (exact) mass is 284 g/mol. The van der Waals surface area contributed by atoms with Crippen LogP contribution in [0.5, 0.6) is 0 Å². The zero-order chi connectivity index (χ0) is 15.0. The van der Waals surface area contributed by atoms with E-state index in [2.05, 4.69) is 10.2 Å². The summed E-state index contributed by atoms with van der Waals surface area (Å²) in [5.74, 6) is -0.982. The second kappa shape index (κ2) is 5.24. The molecule has 0 radical (unpaired) electrons. The van der Waals surface area contributed by atoms with Gasteiger partial charge in [-0.3, -0.25) is 4.90 Å². The summed E-state index contributed by atoms with van der Waals surface area (Å²) in [6.07, 6.45) is 2.96. The summed E-state index contributed by atoms with van der Waals surface area (Å²) < 4.78 is 5.19. The van der Waals surface area contributed by atoms with Crippen LogP contribution < -0.4 is 5.32 Å². The van der Waals surface area contributed by atoms with Crippen molar-refractivity contribution < 1.29 is 19.4 Å². The maximum atomic E-state index is 11.9. The lowest BCUT2D eigenvalue weighted by Crippen LogP contribution is -2.60. The van der Waals surface area contributed by atoms with E-state index in [1.54, 1.807) is 20.8 Å². The summed E-state index contributed by atoms with van der Waals surface area (Å²) in [4.78, 5) is 25.7. The van der Waals surface area contributed by atoms with Crippen LogP contribution in [-0.2, 0) is 9.53 Å². The normalized spacial score (nSPS) is 23.1. The van der Waals surface area contributed by atoms with Gasteiger partial charge in [0.1, 0.15) is 11.6 Å². The second-order valence-electron chi connectivity index (χ2n) is 6.72. The summed E-state index contributed by atoms with van der Waals surface area (Å²) in [5.41, 5.74) is -1.06. The van der Waals surface area contributed by atoms with E-state index in [1.807, 2.05) is 0 Å². The van der Waals surface area contributed by atoms with Gasteiger partial charge in [0.15, 0.2) is 0 Å². The number of alkyl carbamates (subject to hydrolysis) is 1. The van der Waals surface area contributed by atoms with E-state index in [1.165, 1.54) is 0 Å². The Morgan fingerprint density at radius 3 is 2.25 bits per heavy atom. The van der Waals surface area contributed by atoms with Gasteiger partial charge < -0.3 is 15.2 Å². The minimum absolute atomic E-state index is 0.428. The van der Waals surface area contributed by atoms with Gasteiger partial charge in [0.2, 0.25) is 0 Å². The van der Waals surface area contributed by atoms with E-state index in [0.29, 0.717) is 0 Å². The predicted octanol–water partition coefficient (Wildman–Crippen LogP) is 1.59. The van der Waals surface area contributed by atoms with Crippen molar-refractivity contribution in [3.8, 4) is 0 Å². The van der Waals surface area contributed by atoms with Gasteiger partial charge in [0, 0.05) is 0 Å². The molecule has 2 saturated heterocycles. The molecular formula is C14H24N2O4. The third-order valence-corrected chi connectivity index (χ3v) is 4.15. The van der Waals surface area contributed by atoms with Crippen LogP contribution in [0.1, 0.15) is 46.5 Å². The fraction of sp³-hybridized carbons (Fsp3) is 0.857. The number of ether oxygens (including phenoxy) is 1. The zero-order valence-electron chi connectivity index (χ0n) is 12.4. The molecule has 6 heteroatoms. The first kappa shape index (κ1) is 15.1. The Balaban J connectivity index is 2.12. The van der Waals surface area contributed by atoms with Crippen LogP contribution in [0.15, 0.2) is 0 Å². The number of carbonyl (C=O) groups excluding carboxylic acids is 1. The summed E-state index contributed by atoms with van der Waals surface area (Å²) >= 11 is 0. The Morgan fingerprint density at radius 1 is 1.25 bits per heavy atom. The van der Waals surface area contributed by atoms with Crippen molar-refractivity contribution in [1.82, 2.24) is 10.2 Å². The number of fused-ring (bicyclic) bond motifs is 1. The first-order chi connectivity index (χ1) is 9.24. The van der Waals surface area contributed by atoms with Gasteiger partial charge in [-0.1, -0.05) is 0 Å². The Bertz CT molecular complexity index is 392. The summed E-state index contributed by atoms with van der Waals surface area (Å²) in [5, 5.41) is 12.1. The molecule has 0 aromatic rings. The number of carboxylic acids is 1. The van der Waals surface area contributed by atoms with Crippen molar-refractivity contribution in [2.24, 2.45) is 0 Å². The summed E-state index contributed by atoms with van der Waals surface area (Å²) in [7, 11) is 0. The minimum Gasteiger partial charge on any atom is -0.480 e. The molecule has 0 aromatic carbocycles. The highest BCUT2D eigenvalue weighted by molar-refractivity contribution is 5.81. The van der Waals surface area contributed by atoms with Crippen LogP contribution >= 0.6 is 0 Å². The SMILES string of the molecule is CC(C)(C)OC(=O)N[C@@H](C(=O)O)C12CCCN1CCC2. The first-order valence-electron chi connectivity index (χ1n) is 7.22. The van der Waals surface area contributed by atoms with Crippen molar-refractivity contribution in [3.63, 3.8) is 0 Å². The molecule has 2 aliphatic rings. The zero-order valence-corrected chi connectivity index (χ0v) is 12.4. The number of rotatable bonds is 3. The van der Waals surface area contributed by atoms with Gasteiger partial charge in [-0.05, 0) is 59.5 Å². The van der Waals surface area contributed by atoms with Crippen LogP contribution in [0.4, 0.5) is 4.79 Å². The number of hydrogen-bond donors (Lipinski definition) is 2. The van der Waals surface area contributed by atoms with Gasteiger partial charge in [-0.15, -0.1) is 0 Å². The molecule has 2 N–H and O–H groups in total. The number of carbonyl (C=O) groups is 2. The van der Waals surface area contributed by atoms with Crippen LogP contribution in [0.2, 0.25) is 0 Å². The van der Waals surface area contributed by atoms with E-state index < -0.39 is 29.2 Å². The molecule has 0 saturated carbocycles. The topological polar surface area (TPSA) is 78.9 Å². The number of nitrogens with zero attached hydrogens (tertiary/aromatic N) is 1. The lowest BCUT2D eigenvalue weighted by Gasteiger charge is -2.37. The van der Waals surface area contributed by atoms with Crippen LogP contribution in [0, 0.1) is 0 Å². The maximum Gasteiger partial charge on any atom is 0.408 e. The average molecular weight is 284 g/mol. The molecule has 0 aromatic heterocycles. The van der Waals surface area contributed by atoms with Crippen molar-refractivity contribution in [2.45, 2.75) is 63.6 Å². The molecule has 0 aliphatic carbocycles. The quantitative estimate of drug-likeness (QED) is 0.823. The molecule has 20 heavy (non-hydrogen) atoms. The third kappa shape index (κ3) is 2.90. The largest absolute Gasteiger partial charge is 0.480 e. The summed E-state index contributed by atoms with van der Waals surface area (Å²) in [6, 6.07) is -0.901. The molecule has 0 spiro atoms. The molecule has 0 unspecified atom stereocenters. The number of amides is 1. The minimum atomic E-state index is -0.982. The number of hydrogen-bond acceptors (Lipinski definition) is 4. The van der Waals surface area contributed by atoms with E-state index in [4.69, 9.17) is 4.74 Å². The predicted molar refractivity (Wildman–Crippen MR) is 73.6 cm³/mol. The lowest BCUT2D eigenvalue weighted by molar-refractivity contribution is -0.143. The molecule has 1 atom stereocenters. The number of carboxylic acid groups (broad SMARTS) is 1. The van der Waals surface area contributed by atoms with Crippen molar-refractivity contribution >= 4 is 12.1 Å². The fourth-order valence-corrected chi connectivity index (χ4v) is 3.47. The Kier molecular flexibility index (Phi) is 3.95. The highest BCUT2D eigenvalue weighted by Gasteiger charge is 2.53. The smallest absolute Gasteiger partial charge is 0.408 e. The van der Waals surface area contributed by atoms with Gasteiger partial charge in [0.25, 0.3) is 0 Å². The molecule has 2 fully saturated rings. The highest BCUT2D eigenvalue weighted by Crippen LogP contribution is 2.41. The van der Waals surface area contributed by atoms with Crippen molar-refractivity contribution in [2.75, 3.05) is 13.1 Å². The highest BCUT2D eigenvalue weighted by atomic mass is 16.6. The van der Waals surface area contributed by atoms with E-state index >= 15 is 0 Å². The molecule has 2 rings (SSSR count). The number of aliphatic carboxylic acids is 1. The molecule has 2 heterocycles. The van der Waals surface area contributed by atoms with E-state index in [-0.39, 0.29) is 0 Å². The molecule has 0 bridgehead atoms. The fourth-order valence-electron chi connectivity index (χ4n) is 3.47. The molecule has 6 nitrogen and oxygen atoms in total. The van der Waals surface area contributed by atoms with Gasteiger partial charge in [0.05, 0.1) is 5.54 Å². The Hall–Kier alpha value is -1.30. The Labute approximate surface area is 119 Å². The molecular weight excluding hydrogens is 260 g/mol. The summed E-state index contributed by atoms with van der Waals surface area (Å²) in [6.45, 7) is 7.12. The van der Waals surface area contributed by atoms with E-state index in [0.717, 1.165) is 38.8 Å². The van der Waals surface area contributed by atoms with Crippen molar-refractivity contribution in [1.29, 1.82) is 0 Å². The van der Waals surface area contributed by atoms with Crippen LogP contribution in [-0.4, -0.2) is 52.3 Å². The van der Waals surface area contributed by atoms with Gasteiger partial charge >= 0.3 is 12.1 Å². The molecule has 2 aliphatic heterocycles. The van der Waals surface area contributed by atoms with Gasteiger partial charge in [-0.2, -0.15) is 0 Å². The number of nitrogens with one attached hydrogen (secondary N) is 1. The van der Waals surface area contributed by atoms with Crippen LogP contribution in [0.25, 0.3) is 0 Å². The molecule has 114 valence electrons. The third-order valence-electron chi connectivity index (χ3n) is 4.15. The van der Waals surface area contributed by atoms with Crippen LogP contribution in [0.3, 0.4) is 0 Å². The van der Waals surface area contributed by atoms with E-state index in [9.17, 15) is 14.7 Å². The second-order valence-corrected chi connectivity index (χ2v) is 6.72. The van der Waals surface area contributed by atoms with Gasteiger partial charge in [-0.25, -0.2) is 9.59 Å². The van der Waals surface area contributed by atoms with Crippen molar-refractivity contribution in [3.05, 3.63) is 0 Å². The Morgan fingerprint density at radius 2 is 1.80 bits per heavy atom. The lowest BCUT2D eigenvalue weighted by atomic mass is 9.85. The molecule has 1 amide bonds. The average Bonchev–Trinajstić information content (AvgIpc) is 2.81.